The van der Waals surface area contributed by atoms with E-state index < -0.39 is 0 Å². The number of rotatable bonds is 7. The zero-order valence-electron chi connectivity index (χ0n) is 12.1. The summed E-state index contributed by atoms with van der Waals surface area (Å²) in [6, 6.07) is 10.8. The zero-order valence-corrected chi connectivity index (χ0v) is 12.1. The first kappa shape index (κ1) is 14.1. The van der Waals surface area contributed by atoms with Crippen molar-refractivity contribution in [2.45, 2.75) is 39.5 Å². The summed E-state index contributed by atoms with van der Waals surface area (Å²) < 4.78 is 7.78. The summed E-state index contributed by atoms with van der Waals surface area (Å²) in [5.41, 5.74) is 2.62. The molecule has 2 rings (SSSR count). The van der Waals surface area contributed by atoms with Crippen LogP contribution in [0.4, 0.5) is 0 Å². The normalized spacial score (nSPS) is 13.0. The minimum atomic E-state index is 0.223. The van der Waals surface area contributed by atoms with Crippen LogP contribution in [0.2, 0.25) is 0 Å². The van der Waals surface area contributed by atoms with Crippen LogP contribution >= 0.6 is 0 Å². The Morgan fingerprint density at radius 3 is 2.84 bits per heavy atom. The molecule has 0 aliphatic heterocycles. The van der Waals surface area contributed by atoms with E-state index in [9.17, 15) is 0 Å². The fraction of sp³-hybridized carbons (Fsp3) is 0.500. The van der Waals surface area contributed by atoms with E-state index in [1.807, 2.05) is 0 Å². The quantitative estimate of drug-likeness (QED) is 0.774. The first-order valence-electron chi connectivity index (χ1n) is 7.07. The fourth-order valence-electron chi connectivity index (χ4n) is 2.35. The molecule has 1 N–H and O–H groups in total. The van der Waals surface area contributed by atoms with E-state index in [-0.39, 0.29) is 6.10 Å². The zero-order chi connectivity index (χ0) is 13.7. The summed E-state index contributed by atoms with van der Waals surface area (Å²) in [5, 5.41) is 4.79. The molecule has 1 aromatic heterocycles. The Morgan fingerprint density at radius 2 is 2.11 bits per heavy atom. The van der Waals surface area contributed by atoms with Crippen LogP contribution in [0, 0.1) is 0 Å². The summed E-state index contributed by atoms with van der Waals surface area (Å²) in [7, 11) is 1.77. The van der Waals surface area contributed by atoms with Crippen LogP contribution in [0.1, 0.15) is 26.0 Å². The van der Waals surface area contributed by atoms with Crippen molar-refractivity contribution in [1.82, 2.24) is 9.88 Å². The Hall–Kier alpha value is -1.32. The second kappa shape index (κ2) is 6.73. The molecule has 1 heterocycles. The van der Waals surface area contributed by atoms with Crippen LogP contribution in [0.15, 0.2) is 30.3 Å². The average molecular weight is 260 g/mol. The number of methoxy groups -OCH3 is 1. The monoisotopic (exact) mass is 260 g/mol. The van der Waals surface area contributed by atoms with Gasteiger partial charge in [0.1, 0.15) is 0 Å². The van der Waals surface area contributed by atoms with E-state index in [0.29, 0.717) is 0 Å². The highest BCUT2D eigenvalue weighted by atomic mass is 16.5. The maximum absolute atomic E-state index is 5.41. The molecule has 0 saturated carbocycles. The van der Waals surface area contributed by atoms with Gasteiger partial charge in [-0.1, -0.05) is 25.1 Å². The van der Waals surface area contributed by atoms with Gasteiger partial charge in [0, 0.05) is 31.4 Å². The maximum Gasteiger partial charge on any atom is 0.0722 e. The second-order valence-corrected chi connectivity index (χ2v) is 5.03. The van der Waals surface area contributed by atoms with Crippen molar-refractivity contribution >= 4 is 10.9 Å². The van der Waals surface area contributed by atoms with Crippen LogP contribution in [0.5, 0.6) is 0 Å². The molecule has 2 aromatic rings. The van der Waals surface area contributed by atoms with E-state index in [2.05, 4.69) is 54.1 Å². The largest absolute Gasteiger partial charge is 0.380 e. The van der Waals surface area contributed by atoms with Gasteiger partial charge >= 0.3 is 0 Å². The maximum atomic E-state index is 5.41. The highest BCUT2D eigenvalue weighted by Crippen LogP contribution is 2.20. The third-order valence-electron chi connectivity index (χ3n) is 3.47. The Kier molecular flexibility index (Phi) is 5.00. The van der Waals surface area contributed by atoms with Gasteiger partial charge in [-0.25, -0.2) is 0 Å². The predicted octanol–water partition coefficient (Wildman–Crippen LogP) is 3.18. The van der Waals surface area contributed by atoms with Crippen molar-refractivity contribution in [2.24, 2.45) is 0 Å². The molecule has 0 amide bonds. The molecular weight excluding hydrogens is 236 g/mol. The number of ether oxygens (including phenoxy) is 1. The number of nitrogens with zero attached hydrogens (tertiary/aromatic N) is 1. The van der Waals surface area contributed by atoms with Gasteiger partial charge < -0.3 is 14.6 Å². The lowest BCUT2D eigenvalue weighted by molar-refractivity contribution is 0.103. The molecule has 19 heavy (non-hydrogen) atoms. The topological polar surface area (TPSA) is 26.2 Å². The van der Waals surface area contributed by atoms with E-state index in [0.717, 1.165) is 26.1 Å². The number of hydrogen-bond donors (Lipinski definition) is 1. The molecular formula is C16H24N2O. The molecule has 0 saturated heterocycles. The SMILES string of the molecule is CCCNCc1cc2ccccc2n1CC(C)OC. The summed E-state index contributed by atoms with van der Waals surface area (Å²) in [4.78, 5) is 0. The highest BCUT2D eigenvalue weighted by Gasteiger charge is 2.10. The number of fused-ring (bicyclic) bond motifs is 1. The minimum Gasteiger partial charge on any atom is -0.380 e. The van der Waals surface area contributed by atoms with Crippen molar-refractivity contribution in [3.8, 4) is 0 Å². The molecule has 0 aliphatic rings. The number of hydrogen-bond acceptors (Lipinski definition) is 2. The summed E-state index contributed by atoms with van der Waals surface area (Å²) in [5.74, 6) is 0. The lowest BCUT2D eigenvalue weighted by Crippen LogP contribution is -2.20. The molecule has 0 radical (unpaired) electrons. The lowest BCUT2D eigenvalue weighted by atomic mass is 10.2. The fourth-order valence-corrected chi connectivity index (χ4v) is 2.35. The summed E-state index contributed by atoms with van der Waals surface area (Å²) in [6.07, 6.45) is 1.38. The third-order valence-corrected chi connectivity index (χ3v) is 3.47. The van der Waals surface area contributed by atoms with E-state index >= 15 is 0 Å². The number of benzene rings is 1. The molecule has 0 fully saturated rings. The van der Waals surface area contributed by atoms with Crippen LogP contribution < -0.4 is 5.32 Å². The molecule has 3 heteroatoms. The number of aromatic nitrogens is 1. The van der Waals surface area contributed by atoms with Crippen molar-refractivity contribution in [1.29, 1.82) is 0 Å². The molecule has 0 spiro atoms. The Morgan fingerprint density at radius 1 is 1.32 bits per heavy atom. The van der Waals surface area contributed by atoms with Crippen LogP contribution in [-0.4, -0.2) is 24.3 Å². The lowest BCUT2D eigenvalue weighted by Gasteiger charge is -2.15. The van der Waals surface area contributed by atoms with E-state index in [1.54, 1.807) is 7.11 Å². The molecule has 1 unspecified atom stereocenters. The van der Waals surface area contributed by atoms with Gasteiger partial charge in [-0.3, -0.25) is 0 Å². The molecule has 1 atom stereocenters. The van der Waals surface area contributed by atoms with Crippen LogP contribution in [0.3, 0.4) is 0 Å². The number of para-hydroxylation sites is 1. The average Bonchev–Trinajstić information content (AvgIpc) is 2.77. The van der Waals surface area contributed by atoms with Gasteiger partial charge in [0.2, 0.25) is 0 Å². The Bertz CT molecular complexity index is 518. The minimum absolute atomic E-state index is 0.223. The van der Waals surface area contributed by atoms with Crippen LogP contribution in [-0.2, 0) is 17.8 Å². The molecule has 104 valence electrons. The Balaban J connectivity index is 2.28. The van der Waals surface area contributed by atoms with E-state index in [4.69, 9.17) is 4.74 Å². The van der Waals surface area contributed by atoms with Gasteiger partial charge in [0.15, 0.2) is 0 Å². The second-order valence-electron chi connectivity index (χ2n) is 5.03. The standard InChI is InChI=1S/C16H24N2O/c1-4-9-17-11-15-10-14-7-5-6-8-16(14)18(15)12-13(2)19-3/h5-8,10,13,17H,4,9,11-12H2,1-3H3. The first-order valence-corrected chi connectivity index (χ1v) is 7.07. The molecule has 0 aliphatic carbocycles. The summed E-state index contributed by atoms with van der Waals surface area (Å²) in [6.45, 7) is 7.17. The molecule has 3 nitrogen and oxygen atoms in total. The van der Waals surface area contributed by atoms with Gasteiger partial charge in [0.25, 0.3) is 0 Å². The van der Waals surface area contributed by atoms with Gasteiger partial charge in [-0.15, -0.1) is 0 Å². The predicted molar refractivity (Wildman–Crippen MR) is 80.4 cm³/mol. The number of nitrogens with one attached hydrogen (secondary N) is 1. The van der Waals surface area contributed by atoms with Gasteiger partial charge in [0.05, 0.1) is 6.10 Å². The van der Waals surface area contributed by atoms with Crippen molar-refractivity contribution in [2.75, 3.05) is 13.7 Å². The molecule has 1 aromatic carbocycles. The van der Waals surface area contributed by atoms with E-state index in [1.165, 1.54) is 16.6 Å². The Labute approximate surface area is 115 Å². The summed E-state index contributed by atoms with van der Waals surface area (Å²) >= 11 is 0. The smallest absolute Gasteiger partial charge is 0.0722 e. The van der Waals surface area contributed by atoms with Gasteiger partial charge in [-0.2, -0.15) is 0 Å². The van der Waals surface area contributed by atoms with Crippen molar-refractivity contribution in [3.05, 3.63) is 36.0 Å². The first-order chi connectivity index (χ1) is 9.26. The molecule has 0 bridgehead atoms. The van der Waals surface area contributed by atoms with Gasteiger partial charge in [-0.05, 0) is 37.4 Å². The van der Waals surface area contributed by atoms with Crippen molar-refractivity contribution < 1.29 is 4.74 Å². The third kappa shape index (κ3) is 3.37. The van der Waals surface area contributed by atoms with Crippen molar-refractivity contribution in [3.63, 3.8) is 0 Å². The van der Waals surface area contributed by atoms with Crippen LogP contribution in [0.25, 0.3) is 10.9 Å². The highest BCUT2D eigenvalue weighted by molar-refractivity contribution is 5.81.